The Balaban J connectivity index is 1.69. The molecule has 134 valence electrons. The van der Waals surface area contributed by atoms with E-state index in [2.05, 4.69) is 20.4 Å². The molecule has 1 amide bonds. The molecule has 0 bridgehead atoms. The van der Waals surface area contributed by atoms with Crippen LogP contribution in [0, 0.1) is 13.8 Å². The molecule has 0 radical (unpaired) electrons. The van der Waals surface area contributed by atoms with Gasteiger partial charge in [0.05, 0.1) is 11.3 Å². The van der Waals surface area contributed by atoms with Gasteiger partial charge in [-0.25, -0.2) is 14.6 Å². The summed E-state index contributed by atoms with van der Waals surface area (Å²) in [5.41, 5.74) is 3.74. The lowest BCUT2D eigenvalue weighted by atomic mass is 10.1. The van der Waals surface area contributed by atoms with Gasteiger partial charge in [0, 0.05) is 24.6 Å². The number of thioether (sulfide) groups is 1. The van der Waals surface area contributed by atoms with Gasteiger partial charge in [0.15, 0.2) is 5.82 Å². The normalized spacial score (nSPS) is 10.7. The van der Waals surface area contributed by atoms with Crippen LogP contribution < -0.4 is 5.32 Å². The molecular formula is C19H21N5OS. The van der Waals surface area contributed by atoms with E-state index in [1.54, 1.807) is 24.5 Å². The zero-order valence-electron chi connectivity index (χ0n) is 15.1. The second-order valence-corrected chi connectivity index (χ2v) is 6.61. The number of aryl methyl sites for hydroxylation is 1. The van der Waals surface area contributed by atoms with Crippen molar-refractivity contribution in [2.45, 2.75) is 25.3 Å². The number of nitrogens with one attached hydrogen (secondary N) is 1. The van der Waals surface area contributed by atoms with Crippen LogP contribution in [0.15, 0.2) is 47.8 Å². The number of amides is 1. The molecule has 3 rings (SSSR count). The average molecular weight is 367 g/mol. The summed E-state index contributed by atoms with van der Waals surface area (Å²) < 4.78 is 1.85. The van der Waals surface area contributed by atoms with Crippen LogP contribution in [0.1, 0.15) is 27.3 Å². The van der Waals surface area contributed by atoms with Crippen LogP contribution in [0.2, 0.25) is 0 Å². The summed E-state index contributed by atoms with van der Waals surface area (Å²) in [6.07, 6.45) is 6.08. The Morgan fingerprint density at radius 3 is 2.69 bits per heavy atom. The maximum absolute atomic E-state index is 12.4. The highest BCUT2D eigenvalue weighted by Crippen LogP contribution is 2.18. The number of hydrogen-bond donors (Lipinski definition) is 1. The fraction of sp³-hybridized carbons (Fsp3) is 0.263. The van der Waals surface area contributed by atoms with Crippen molar-refractivity contribution in [1.82, 2.24) is 25.1 Å². The Labute approximate surface area is 157 Å². The van der Waals surface area contributed by atoms with E-state index in [1.165, 1.54) is 11.8 Å². The molecule has 0 aliphatic carbocycles. The molecule has 0 aromatic carbocycles. The van der Waals surface area contributed by atoms with E-state index in [1.807, 2.05) is 43.0 Å². The molecule has 0 aliphatic heterocycles. The lowest BCUT2D eigenvalue weighted by molar-refractivity contribution is 0.0950. The van der Waals surface area contributed by atoms with Gasteiger partial charge in [0.2, 0.25) is 0 Å². The first kappa shape index (κ1) is 18.1. The molecule has 7 heteroatoms. The molecule has 6 nitrogen and oxygen atoms in total. The highest BCUT2D eigenvalue weighted by molar-refractivity contribution is 7.98. The summed E-state index contributed by atoms with van der Waals surface area (Å²) in [5, 5.41) is 8.31. The van der Waals surface area contributed by atoms with Crippen molar-refractivity contribution in [2.24, 2.45) is 0 Å². The van der Waals surface area contributed by atoms with Gasteiger partial charge in [-0.1, -0.05) is 6.07 Å². The number of carbonyl (C=O) groups excluding carboxylic acids is 1. The summed E-state index contributed by atoms with van der Waals surface area (Å²) in [5.74, 6) is 0.693. The van der Waals surface area contributed by atoms with E-state index in [-0.39, 0.29) is 5.91 Å². The molecule has 26 heavy (non-hydrogen) atoms. The Hall–Kier alpha value is -2.67. The van der Waals surface area contributed by atoms with Gasteiger partial charge in [-0.15, -0.1) is 11.8 Å². The third-order valence-corrected chi connectivity index (χ3v) is 4.89. The number of aromatic nitrogens is 4. The van der Waals surface area contributed by atoms with E-state index in [0.29, 0.717) is 18.5 Å². The molecule has 0 aliphatic rings. The van der Waals surface area contributed by atoms with Gasteiger partial charge in [0.25, 0.3) is 5.91 Å². The van der Waals surface area contributed by atoms with E-state index in [4.69, 9.17) is 0 Å². The molecule has 0 unspecified atom stereocenters. The van der Waals surface area contributed by atoms with E-state index in [0.717, 1.165) is 27.8 Å². The minimum Gasteiger partial charge on any atom is -0.352 e. The van der Waals surface area contributed by atoms with Crippen LogP contribution in [0.25, 0.3) is 5.82 Å². The third kappa shape index (κ3) is 3.77. The number of nitrogens with zero attached hydrogens (tertiary/aromatic N) is 4. The highest BCUT2D eigenvalue weighted by Gasteiger charge is 2.15. The zero-order valence-corrected chi connectivity index (χ0v) is 15.9. The molecular weight excluding hydrogens is 346 g/mol. The second-order valence-electron chi connectivity index (χ2n) is 5.82. The first-order chi connectivity index (χ1) is 12.6. The molecule has 0 spiro atoms. The summed E-state index contributed by atoms with van der Waals surface area (Å²) in [4.78, 5) is 21.0. The summed E-state index contributed by atoms with van der Waals surface area (Å²) in [6.45, 7) is 4.55. The Morgan fingerprint density at radius 1 is 1.15 bits per heavy atom. The maximum Gasteiger partial charge on any atom is 0.254 e. The molecule has 0 saturated carbocycles. The lowest BCUT2D eigenvalue weighted by Gasteiger charge is -2.08. The van der Waals surface area contributed by atoms with Crippen LogP contribution in [0.4, 0.5) is 0 Å². The van der Waals surface area contributed by atoms with Crippen molar-refractivity contribution in [3.63, 3.8) is 0 Å². The molecule has 1 N–H and O–H groups in total. The Morgan fingerprint density at radius 2 is 1.96 bits per heavy atom. The third-order valence-electron chi connectivity index (χ3n) is 4.18. The monoisotopic (exact) mass is 367 g/mol. The van der Waals surface area contributed by atoms with Gasteiger partial charge in [-0.3, -0.25) is 4.79 Å². The first-order valence-corrected chi connectivity index (χ1v) is 9.58. The summed E-state index contributed by atoms with van der Waals surface area (Å²) >= 11 is 1.47. The Kier molecular flexibility index (Phi) is 5.68. The standard InChI is InChI=1S/C19H21N5OS/c1-13-15(14(2)24(23-13)17-8-4-5-10-20-17)9-12-21-18(25)16-7-6-11-22-19(16)26-3/h4-8,10-11H,9,12H2,1-3H3,(H,21,25). The van der Waals surface area contributed by atoms with E-state index >= 15 is 0 Å². The van der Waals surface area contributed by atoms with Gasteiger partial charge >= 0.3 is 0 Å². The quantitative estimate of drug-likeness (QED) is 0.678. The second kappa shape index (κ2) is 8.14. The topological polar surface area (TPSA) is 72.7 Å². The summed E-state index contributed by atoms with van der Waals surface area (Å²) in [7, 11) is 0. The van der Waals surface area contributed by atoms with Gasteiger partial charge in [0.1, 0.15) is 5.03 Å². The predicted octanol–water partition coefficient (Wildman–Crippen LogP) is 2.97. The van der Waals surface area contributed by atoms with Crippen molar-refractivity contribution >= 4 is 17.7 Å². The molecule has 0 saturated heterocycles. The lowest BCUT2D eigenvalue weighted by Crippen LogP contribution is -2.26. The van der Waals surface area contributed by atoms with Crippen molar-refractivity contribution in [3.05, 3.63) is 65.2 Å². The fourth-order valence-electron chi connectivity index (χ4n) is 2.86. The van der Waals surface area contributed by atoms with Crippen molar-refractivity contribution in [2.75, 3.05) is 12.8 Å². The number of pyridine rings is 2. The van der Waals surface area contributed by atoms with Gasteiger partial charge in [-0.2, -0.15) is 5.10 Å². The molecule has 3 heterocycles. The molecule has 3 aromatic heterocycles. The minimum atomic E-state index is -0.102. The van der Waals surface area contributed by atoms with E-state index < -0.39 is 0 Å². The smallest absolute Gasteiger partial charge is 0.254 e. The van der Waals surface area contributed by atoms with Crippen LogP contribution in [0.3, 0.4) is 0 Å². The molecule has 3 aromatic rings. The number of rotatable bonds is 6. The van der Waals surface area contributed by atoms with E-state index in [9.17, 15) is 4.79 Å². The number of carbonyl (C=O) groups is 1. The maximum atomic E-state index is 12.4. The minimum absolute atomic E-state index is 0.102. The average Bonchev–Trinajstić information content (AvgIpc) is 2.96. The van der Waals surface area contributed by atoms with Crippen molar-refractivity contribution < 1.29 is 4.79 Å². The predicted molar refractivity (Wildman–Crippen MR) is 103 cm³/mol. The largest absolute Gasteiger partial charge is 0.352 e. The molecule has 0 atom stereocenters. The summed E-state index contributed by atoms with van der Waals surface area (Å²) in [6, 6.07) is 9.32. The van der Waals surface area contributed by atoms with Gasteiger partial charge in [-0.05, 0) is 56.4 Å². The zero-order chi connectivity index (χ0) is 18.5. The Bertz CT molecular complexity index is 908. The SMILES string of the molecule is CSc1ncccc1C(=O)NCCc1c(C)nn(-c2ccccn2)c1C. The molecule has 0 fully saturated rings. The van der Waals surface area contributed by atoms with Crippen LogP contribution in [0.5, 0.6) is 0 Å². The van der Waals surface area contributed by atoms with Crippen LogP contribution in [-0.4, -0.2) is 38.5 Å². The van der Waals surface area contributed by atoms with Crippen LogP contribution in [-0.2, 0) is 6.42 Å². The van der Waals surface area contributed by atoms with Gasteiger partial charge < -0.3 is 5.32 Å². The number of hydrogen-bond acceptors (Lipinski definition) is 5. The fourth-order valence-corrected chi connectivity index (χ4v) is 3.41. The first-order valence-electron chi connectivity index (χ1n) is 8.35. The van der Waals surface area contributed by atoms with Crippen molar-refractivity contribution in [1.29, 1.82) is 0 Å². The van der Waals surface area contributed by atoms with Crippen LogP contribution >= 0.6 is 11.8 Å². The highest BCUT2D eigenvalue weighted by atomic mass is 32.2. The van der Waals surface area contributed by atoms with Crippen molar-refractivity contribution in [3.8, 4) is 5.82 Å².